The molecule has 1 saturated heterocycles. The summed E-state index contributed by atoms with van der Waals surface area (Å²) in [5, 5.41) is 3.35. The van der Waals surface area contributed by atoms with Crippen molar-refractivity contribution < 1.29 is 18.4 Å². The molecule has 1 amide bonds. The molecule has 2 N–H and O–H groups in total. The second-order valence-corrected chi connectivity index (χ2v) is 11.1. The lowest BCUT2D eigenvalue weighted by atomic mass is 9.97. The lowest BCUT2D eigenvalue weighted by Crippen LogP contribution is -2.33. The van der Waals surface area contributed by atoms with E-state index >= 15 is 0 Å². The highest BCUT2D eigenvalue weighted by molar-refractivity contribution is 6.22. The number of imidazole rings is 1. The fraction of sp³-hybridized carbons (Fsp3) is 0.387. The Morgan fingerprint density at radius 2 is 1.90 bits per heavy atom. The van der Waals surface area contributed by atoms with E-state index in [1.54, 1.807) is 13.0 Å². The van der Waals surface area contributed by atoms with Crippen LogP contribution in [0.4, 0.5) is 8.78 Å². The highest BCUT2D eigenvalue weighted by atomic mass is 19.1. The second kappa shape index (κ2) is 10.6. The number of aromatic amines is 1. The summed E-state index contributed by atoms with van der Waals surface area (Å²) >= 11 is 0. The van der Waals surface area contributed by atoms with Gasteiger partial charge in [-0.15, -0.1) is 0 Å². The van der Waals surface area contributed by atoms with Gasteiger partial charge in [-0.05, 0) is 87.2 Å². The number of hydrogen-bond acceptors (Lipinski definition) is 5. The van der Waals surface area contributed by atoms with E-state index in [2.05, 4.69) is 15.2 Å². The Morgan fingerprint density at radius 3 is 2.70 bits per heavy atom. The molecule has 0 bridgehead atoms. The molecule has 1 aromatic heterocycles. The largest absolute Gasteiger partial charge is 0.382 e. The fourth-order valence-electron chi connectivity index (χ4n) is 6.00. The fourth-order valence-corrected chi connectivity index (χ4v) is 6.00. The van der Waals surface area contributed by atoms with Crippen molar-refractivity contribution >= 4 is 28.3 Å². The van der Waals surface area contributed by atoms with E-state index in [1.807, 2.05) is 30.0 Å². The second-order valence-electron chi connectivity index (χ2n) is 11.1. The zero-order valence-corrected chi connectivity index (χ0v) is 22.8. The van der Waals surface area contributed by atoms with E-state index in [1.165, 1.54) is 18.9 Å². The number of halogens is 2. The van der Waals surface area contributed by atoms with Gasteiger partial charge in [-0.1, -0.05) is 6.08 Å². The smallest absolute Gasteiger partial charge is 0.254 e. The van der Waals surface area contributed by atoms with Crippen molar-refractivity contribution in [3.8, 4) is 0 Å². The zero-order valence-electron chi connectivity index (χ0n) is 22.8. The summed E-state index contributed by atoms with van der Waals surface area (Å²) in [7, 11) is 0. The first-order chi connectivity index (χ1) is 19.3. The van der Waals surface area contributed by atoms with Crippen molar-refractivity contribution in [2.45, 2.75) is 52.1 Å². The van der Waals surface area contributed by atoms with Gasteiger partial charge in [-0.25, -0.2) is 13.8 Å². The Bertz CT molecular complexity index is 1570. The van der Waals surface area contributed by atoms with Crippen LogP contribution in [-0.2, 0) is 17.8 Å². The number of rotatable bonds is 8. The summed E-state index contributed by atoms with van der Waals surface area (Å²) in [4.78, 5) is 38.5. The number of carbonyl (C=O) groups excluding carboxylic acids is 2. The third-order valence-corrected chi connectivity index (χ3v) is 8.19. The van der Waals surface area contributed by atoms with Gasteiger partial charge in [0.05, 0.1) is 16.6 Å². The Balaban J connectivity index is 1.23. The van der Waals surface area contributed by atoms with Crippen LogP contribution >= 0.6 is 0 Å². The average molecular weight is 546 g/mol. The van der Waals surface area contributed by atoms with E-state index < -0.39 is 11.6 Å². The van der Waals surface area contributed by atoms with E-state index in [9.17, 15) is 18.4 Å². The molecule has 6 rings (SSSR count). The third-order valence-electron chi connectivity index (χ3n) is 8.19. The minimum atomic E-state index is -0.611. The van der Waals surface area contributed by atoms with Crippen LogP contribution in [0, 0.1) is 18.6 Å². The molecule has 3 heterocycles. The predicted octanol–water partition coefficient (Wildman–Crippen LogP) is 4.66. The summed E-state index contributed by atoms with van der Waals surface area (Å²) in [6, 6.07) is 5.81. The molecule has 2 aliphatic heterocycles. The van der Waals surface area contributed by atoms with Gasteiger partial charge in [0.25, 0.3) is 5.91 Å². The van der Waals surface area contributed by atoms with Gasteiger partial charge in [0, 0.05) is 49.4 Å². The van der Waals surface area contributed by atoms with E-state index in [0.29, 0.717) is 58.8 Å². The van der Waals surface area contributed by atoms with Gasteiger partial charge in [0.2, 0.25) is 0 Å². The molecule has 2 aromatic carbocycles. The van der Waals surface area contributed by atoms with Crippen LogP contribution in [0.1, 0.15) is 59.1 Å². The van der Waals surface area contributed by atoms with Gasteiger partial charge in [0.15, 0.2) is 5.78 Å². The summed E-state index contributed by atoms with van der Waals surface area (Å²) < 4.78 is 27.9. The first-order valence-electron chi connectivity index (χ1n) is 14.0. The standard InChI is InChI=1S/C31H33F2N5O2/c1-18(12-20-13-22(32)15-24(33)19(20)2)34-25-6-5-7-28(39)29(25)30-35-26-14-21-17-38(11-10-37-8-3-4-9-37)31(40)23(21)16-27(26)36-30/h5-6,13-16,18,34H,3-4,7-12,17H2,1-2H3,(H,35,36)/t18-/m0/s1. The van der Waals surface area contributed by atoms with Gasteiger partial charge in [0.1, 0.15) is 17.5 Å². The van der Waals surface area contributed by atoms with Crippen LogP contribution in [0.15, 0.2) is 42.1 Å². The number of Topliss-reactive ketones (excluding diaryl/α,β-unsaturated/α-hetero) is 1. The van der Waals surface area contributed by atoms with Crippen LogP contribution in [-0.4, -0.2) is 63.7 Å². The zero-order chi connectivity index (χ0) is 28.0. The summed E-state index contributed by atoms with van der Waals surface area (Å²) in [5.74, 6) is -0.802. The number of hydrogen-bond donors (Lipinski definition) is 2. The van der Waals surface area contributed by atoms with E-state index in [-0.39, 0.29) is 24.2 Å². The number of fused-ring (bicyclic) bond motifs is 2. The lowest BCUT2D eigenvalue weighted by Gasteiger charge is -2.21. The highest BCUT2D eigenvalue weighted by Crippen LogP contribution is 2.30. The molecule has 0 saturated carbocycles. The summed E-state index contributed by atoms with van der Waals surface area (Å²) in [6.45, 7) is 7.93. The molecule has 3 aromatic rings. The monoisotopic (exact) mass is 545 g/mol. The first kappa shape index (κ1) is 26.4. The predicted molar refractivity (Wildman–Crippen MR) is 150 cm³/mol. The van der Waals surface area contributed by atoms with Crippen LogP contribution in [0.2, 0.25) is 0 Å². The number of benzene rings is 2. The van der Waals surface area contributed by atoms with Crippen LogP contribution < -0.4 is 5.32 Å². The van der Waals surface area contributed by atoms with Crippen molar-refractivity contribution in [1.82, 2.24) is 25.1 Å². The van der Waals surface area contributed by atoms with Crippen molar-refractivity contribution in [3.05, 3.63) is 81.8 Å². The van der Waals surface area contributed by atoms with Gasteiger partial charge in [-0.3, -0.25) is 9.59 Å². The Kier molecular flexibility index (Phi) is 7.00. The molecule has 1 aliphatic carbocycles. The average Bonchev–Trinajstić information content (AvgIpc) is 3.64. The van der Waals surface area contributed by atoms with E-state index in [0.717, 1.165) is 36.8 Å². The van der Waals surface area contributed by atoms with Gasteiger partial charge < -0.3 is 20.1 Å². The molecule has 0 radical (unpaired) electrons. The minimum Gasteiger partial charge on any atom is -0.382 e. The number of amides is 1. The molecule has 9 heteroatoms. The Hall–Kier alpha value is -3.85. The molecule has 208 valence electrons. The first-order valence-corrected chi connectivity index (χ1v) is 14.0. The third kappa shape index (κ3) is 5.06. The van der Waals surface area contributed by atoms with E-state index in [4.69, 9.17) is 4.98 Å². The van der Waals surface area contributed by atoms with Crippen LogP contribution in [0.25, 0.3) is 16.6 Å². The number of allylic oxidation sites excluding steroid dienone is 3. The van der Waals surface area contributed by atoms with Crippen LogP contribution in [0.3, 0.4) is 0 Å². The molecule has 3 aliphatic rings. The highest BCUT2D eigenvalue weighted by Gasteiger charge is 2.30. The lowest BCUT2D eigenvalue weighted by molar-refractivity contribution is -0.113. The van der Waals surface area contributed by atoms with Crippen molar-refractivity contribution in [2.24, 2.45) is 0 Å². The number of ketones is 1. The molecular weight excluding hydrogens is 512 g/mol. The number of carbonyl (C=O) groups is 2. The van der Waals surface area contributed by atoms with Gasteiger partial charge in [-0.2, -0.15) is 0 Å². The molecule has 40 heavy (non-hydrogen) atoms. The maximum absolute atomic E-state index is 14.1. The Labute approximate surface area is 231 Å². The number of aromatic nitrogens is 2. The quantitative estimate of drug-likeness (QED) is 0.430. The van der Waals surface area contributed by atoms with Gasteiger partial charge >= 0.3 is 0 Å². The SMILES string of the molecule is Cc1c(F)cc(F)cc1C[C@H](C)NC1=C(c2nc3cc4c(cc3[nH]2)CN(CCN2CCCC2)C4=O)C(=O)CC=C1. The normalized spacial score (nSPS) is 18.4. The minimum absolute atomic E-state index is 0.0248. The maximum Gasteiger partial charge on any atom is 0.254 e. The molecule has 7 nitrogen and oxygen atoms in total. The molecular formula is C31H33F2N5O2. The topological polar surface area (TPSA) is 81.3 Å². The molecule has 1 fully saturated rings. The number of nitrogens with one attached hydrogen (secondary N) is 2. The maximum atomic E-state index is 14.1. The summed E-state index contributed by atoms with van der Waals surface area (Å²) in [6.07, 6.45) is 6.72. The molecule has 1 atom stereocenters. The Morgan fingerprint density at radius 1 is 1.10 bits per heavy atom. The number of likely N-dealkylation sites (tertiary alicyclic amines) is 1. The summed E-state index contributed by atoms with van der Waals surface area (Å²) in [5.41, 5.74) is 5.06. The van der Waals surface area contributed by atoms with Crippen molar-refractivity contribution in [2.75, 3.05) is 26.2 Å². The van der Waals surface area contributed by atoms with Crippen LogP contribution in [0.5, 0.6) is 0 Å². The molecule has 0 unspecified atom stereocenters. The van der Waals surface area contributed by atoms with Crippen molar-refractivity contribution in [1.29, 1.82) is 0 Å². The number of nitrogens with zero attached hydrogens (tertiary/aromatic N) is 3. The molecule has 0 spiro atoms. The number of H-pyrrole nitrogens is 1. The van der Waals surface area contributed by atoms with Crippen molar-refractivity contribution in [3.63, 3.8) is 0 Å².